The van der Waals surface area contributed by atoms with Crippen molar-refractivity contribution < 1.29 is 14.2 Å². The molecular weight excluding hydrogens is 276 g/mol. The van der Waals surface area contributed by atoms with Crippen molar-refractivity contribution in [3.63, 3.8) is 0 Å². The van der Waals surface area contributed by atoms with Gasteiger partial charge in [-0.05, 0) is 11.6 Å². The minimum Gasteiger partial charge on any atom is -0.477 e. The molecule has 0 amide bonds. The Labute approximate surface area is 121 Å². The molecule has 2 N–H and O–H groups in total. The molecule has 0 atom stereocenters. The molecule has 2 rings (SSSR count). The van der Waals surface area contributed by atoms with Gasteiger partial charge >= 0.3 is 5.69 Å². The van der Waals surface area contributed by atoms with Gasteiger partial charge in [-0.3, -0.25) is 10.1 Å². The van der Waals surface area contributed by atoms with Crippen LogP contribution in [0.2, 0.25) is 0 Å². The first-order valence-corrected chi connectivity index (χ1v) is 6.44. The van der Waals surface area contributed by atoms with E-state index in [1.165, 1.54) is 12.1 Å². The molecule has 0 aliphatic heterocycles. The van der Waals surface area contributed by atoms with Crippen LogP contribution in [-0.2, 0) is 13.2 Å². The average molecular weight is 292 g/mol. The standard InChI is InChI=1S/C13H16N4O4/c1-8(2)13-15-12(21-16-13)7-20-11-5-9(6-14)3-4-10(11)17(18)19/h3-5,8H,6-7,14H2,1-2H3. The summed E-state index contributed by atoms with van der Waals surface area (Å²) in [6, 6.07) is 4.50. The minimum absolute atomic E-state index is 0.0332. The molecule has 0 saturated carbocycles. The molecule has 0 unspecified atom stereocenters. The zero-order valence-corrected chi connectivity index (χ0v) is 11.8. The van der Waals surface area contributed by atoms with Gasteiger partial charge in [0.05, 0.1) is 4.92 Å². The summed E-state index contributed by atoms with van der Waals surface area (Å²) in [4.78, 5) is 14.6. The maximum Gasteiger partial charge on any atom is 0.310 e. The van der Waals surface area contributed by atoms with Crippen LogP contribution >= 0.6 is 0 Å². The van der Waals surface area contributed by atoms with Crippen LogP contribution in [0, 0.1) is 10.1 Å². The van der Waals surface area contributed by atoms with Crippen LogP contribution in [-0.4, -0.2) is 15.1 Å². The largest absolute Gasteiger partial charge is 0.477 e. The zero-order chi connectivity index (χ0) is 15.4. The Kier molecular flexibility index (Phi) is 4.49. The summed E-state index contributed by atoms with van der Waals surface area (Å²) < 4.78 is 10.5. The third-order valence-corrected chi connectivity index (χ3v) is 2.81. The molecule has 0 aliphatic rings. The van der Waals surface area contributed by atoms with Crippen LogP contribution in [0.15, 0.2) is 22.7 Å². The highest BCUT2D eigenvalue weighted by molar-refractivity contribution is 5.48. The van der Waals surface area contributed by atoms with E-state index in [4.69, 9.17) is 15.0 Å². The highest BCUT2D eigenvalue weighted by atomic mass is 16.6. The van der Waals surface area contributed by atoms with E-state index in [0.29, 0.717) is 5.82 Å². The minimum atomic E-state index is -0.511. The van der Waals surface area contributed by atoms with Crippen molar-refractivity contribution in [3.8, 4) is 5.75 Å². The SMILES string of the molecule is CC(C)c1noc(COc2cc(CN)ccc2[N+](=O)[O-])n1. The molecule has 2 aromatic rings. The van der Waals surface area contributed by atoms with Crippen LogP contribution in [0.3, 0.4) is 0 Å². The van der Waals surface area contributed by atoms with Crippen molar-refractivity contribution in [1.29, 1.82) is 0 Å². The molecule has 1 aromatic heterocycles. The van der Waals surface area contributed by atoms with E-state index in [2.05, 4.69) is 10.1 Å². The fourth-order valence-electron chi connectivity index (χ4n) is 1.65. The van der Waals surface area contributed by atoms with Gasteiger partial charge in [0.25, 0.3) is 5.89 Å². The number of nitro benzene ring substituents is 1. The highest BCUT2D eigenvalue weighted by Gasteiger charge is 2.17. The molecule has 8 heteroatoms. The molecule has 1 aromatic carbocycles. The number of hydrogen-bond acceptors (Lipinski definition) is 7. The second kappa shape index (κ2) is 6.31. The van der Waals surface area contributed by atoms with Gasteiger partial charge < -0.3 is 15.0 Å². The van der Waals surface area contributed by atoms with E-state index in [9.17, 15) is 10.1 Å². The van der Waals surface area contributed by atoms with Gasteiger partial charge in [-0.1, -0.05) is 25.1 Å². The summed E-state index contributed by atoms with van der Waals surface area (Å²) in [5, 5.41) is 14.8. The van der Waals surface area contributed by atoms with Crippen LogP contribution in [0.25, 0.3) is 0 Å². The van der Waals surface area contributed by atoms with Crippen molar-refractivity contribution in [2.24, 2.45) is 5.73 Å². The molecule has 8 nitrogen and oxygen atoms in total. The zero-order valence-electron chi connectivity index (χ0n) is 11.8. The van der Waals surface area contributed by atoms with E-state index in [0.717, 1.165) is 5.56 Å². The Morgan fingerprint density at radius 1 is 1.48 bits per heavy atom. The Balaban J connectivity index is 2.15. The molecule has 112 valence electrons. The van der Waals surface area contributed by atoms with Gasteiger partial charge in [0.1, 0.15) is 0 Å². The van der Waals surface area contributed by atoms with Gasteiger partial charge in [0, 0.05) is 18.5 Å². The van der Waals surface area contributed by atoms with E-state index in [1.807, 2.05) is 13.8 Å². The highest BCUT2D eigenvalue weighted by Crippen LogP contribution is 2.28. The first-order chi connectivity index (χ1) is 10.0. The summed E-state index contributed by atoms with van der Waals surface area (Å²) in [6.07, 6.45) is 0. The van der Waals surface area contributed by atoms with Crippen molar-refractivity contribution in [2.45, 2.75) is 32.9 Å². The Morgan fingerprint density at radius 2 is 2.24 bits per heavy atom. The molecule has 0 bridgehead atoms. The maximum atomic E-state index is 11.0. The van der Waals surface area contributed by atoms with Crippen LogP contribution in [0.4, 0.5) is 5.69 Å². The van der Waals surface area contributed by atoms with Crippen LogP contribution < -0.4 is 10.5 Å². The Bertz CT molecular complexity index is 639. The number of ether oxygens (including phenoxy) is 1. The lowest BCUT2D eigenvalue weighted by Gasteiger charge is -2.06. The summed E-state index contributed by atoms with van der Waals surface area (Å²) in [6.45, 7) is 4.11. The molecule has 0 spiro atoms. The first-order valence-electron chi connectivity index (χ1n) is 6.44. The third-order valence-electron chi connectivity index (χ3n) is 2.81. The maximum absolute atomic E-state index is 11.0. The Hall–Kier alpha value is -2.48. The summed E-state index contributed by atoms with van der Waals surface area (Å²) in [5.41, 5.74) is 6.13. The predicted octanol–water partition coefficient (Wildman–Crippen LogP) is 2.14. The lowest BCUT2D eigenvalue weighted by atomic mass is 10.2. The number of aromatic nitrogens is 2. The lowest BCUT2D eigenvalue weighted by molar-refractivity contribution is -0.386. The van der Waals surface area contributed by atoms with Gasteiger partial charge in [0.2, 0.25) is 0 Å². The van der Waals surface area contributed by atoms with E-state index in [1.54, 1.807) is 6.07 Å². The van der Waals surface area contributed by atoms with Crippen molar-refractivity contribution >= 4 is 5.69 Å². The van der Waals surface area contributed by atoms with Crippen LogP contribution in [0.5, 0.6) is 5.75 Å². The molecule has 0 aliphatic carbocycles. The van der Waals surface area contributed by atoms with Crippen molar-refractivity contribution in [2.75, 3.05) is 0 Å². The molecule has 0 radical (unpaired) electrons. The van der Waals surface area contributed by atoms with E-state index in [-0.39, 0.29) is 36.4 Å². The summed E-state index contributed by atoms with van der Waals surface area (Å²) >= 11 is 0. The Morgan fingerprint density at radius 3 is 2.81 bits per heavy atom. The molecule has 1 heterocycles. The number of nitrogens with two attached hydrogens (primary N) is 1. The van der Waals surface area contributed by atoms with Gasteiger partial charge in [-0.2, -0.15) is 4.98 Å². The summed E-state index contributed by atoms with van der Waals surface area (Å²) in [7, 11) is 0. The fourth-order valence-corrected chi connectivity index (χ4v) is 1.65. The topological polar surface area (TPSA) is 117 Å². The average Bonchev–Trinajstić information content (AvgIpc) is 2.93. The summed E-state index contributed by atoms with van der Waals surface area (Å²) in [5.74, 6) is 1.11. The molecule has 0 saturated heterocycles. The van der Waals surface area contributed by atoms with Gasteiger partial charge in [-0.25, -0.2) is 0 Å². The third kappa shape index (κ3) is 3.54. The van der Waals surface area contributed by atoms with Crippen molar-refractivity contribution in [1.82, 2.24) is 10.1 Å². The predicted molar refractivity (Wildman–Crippen MR) is 73.7 cm³/mol. The molecular formula is C13H16N4O4. The lowest BCUT2D eigenvalue weighted by Crippen LogP contribution is -2.02. The molecule has 0 fully saturated rings. The second-order valence-corrected chi connectivity index (χ2v) is 4.75. The molecule has 21 heavy (non-hydrogen) atoms. The number of rotatable bonds is 6. The van der Waals surface area contributed by atoms with Gasteiger partial charge in [-0.15, -0.1) is 0 Å². The fraction of sp³-hybridized carbons (Fsp3) is 0.385. The number of nitro groups is 1. The quantitative estimate of drug-likeness (QED) is 0.640. The normalized spacial score (nSPS) is 10.9. The van der Waals surface area contributed by atoms with Gasteiger partial charge in [0.15, 0.2) is 18.2 Å². The van der Waals surface area contributed by atoms with Crippen molar-refractivity contribution in [3.05, 3.63) is 45.6 Å². The number of hydrogen-bond donors (Lipinski definition) is 1. The van der Waals surface area contributed by atoms with E-state index >= 15 is 0 Å². The van der Waals surface area contributed by atoms with Crippen LogP contribution in [0.1, 0.15) is 37.0 Å². The van der Waals surface area contributed by atoms with E-state index < -0.39 is 4.92 Å². The number of nitrogens with zero attached hydrogens (tertiary/aromatic N) is 3. The first kappa shape index (κ1) is 14.9. The monoisotopic (exact) mass is 292 g/mol. The smallest absolute Gasteiger partial charge is 0.310 e. The second-order valence-electron chi connectivity index (χ2n) is 4.75. The number of benzene rings is 1.